The predicted molar refractivity (Wildman–Crippen MR) is 113 cm³/mol. The van der Waals surface area contributed by atoms with E-state index in [0.29, 0.717) is 27.1 Å². The third-order valence-electron chi connectivity index (χ3n) is 4.90. The predicted octanol–water partition coefficient (Wildman–Crippen LogP) is 5.88. The van der Waals surface area contributed by atoms with Crippen molar-refractivity contribution in [1.82, 2.24) is 0 Å². The van der Waals surface area contributed by atoms with Gasteiger partial charge in [-0.15, -0.1) is 11.3 Å². The minimum atomic E-state index is -0.367. The average Bonchev–Trinajstić information content (AvgIpc) is 3.31. The normalized spacial score (nSPS) is 12.9. The summed E-state index contributed by atoms with van der Waals surface area (Å²) in [7, 11) is 0. The largest absolute Gasteiger partial charge is 0.485 e. The van der Waals surface area contributed by atoms with Gasteiger partial charge in [0.1, 0.15) is 29.2 Å². The number of fused-ring (bicyclic) bond motifs is 1. The summed E-state index contributed by atoms with van der Waals surface area (Å²) in [5.74, 6) is 1.07. The molecule has 0 spiro atoms. The highest BCUT2D eigenvalue weighted by Crippen LogP contribution is 2.37. The number of benzene rings is 1. The molecule has 1 N–H and O–H groups in total. The molecule has 3 aromatic rings. The van der Waals surface area contributed by atoms with E-state index in [1.165, 1.54) is 16.2 Å². The Bertz CT molecular complexity index is 1110. The number of carbonyl (C=O) groups excluding carboxylic acids is 1. The summed E-state index contributed by atoms with van der Waals surface area (Å²) in [6, 6.07) is 11.0. The fourth-order valence-corrected chi connectivity index (χ4v) is 4.90. The van der Waals surface area contributed by atoms with Crippen molar-refractivity contribution in [3.8, 4) is 11.8 Å². The van der Waals surface area contributed by atoms with Crippen molar-refractivity contribution >= 4 is 33.8 Å². The lowest BCUT2D eigenvalue weighted by atomic mass is 9.96. The van der Waals surface area contributed by atoms with Gasteiger partial charge >= 0.3 is 0 Å². The van der Waals surface area contributed by atoms with Gasteiger partial charge in [0.05, 0.1) is 5.56 Å². The van der Waals surface area contributed by atoms with Gasteiger partial charge in [0.15, 0.2) is 5.76 Å². The molecule has 0 unspecified atom stereocenters. The van der Waals surface area contributed by atoms with Gasteiger partial charge in [0.2, 0.25) is 0 Å². The molecule has 2 heterocycles. The summed E-state index contributed by atoms with van der Waals surface area (Å²) in [4.78, 5) is 13.8. The van der Waals surface area contributed by atoms with E-state index in [9.17, 15) is 10.1 Å². The third kappa shape index (κ3) is 4.16. The molecule has 4 rings (SSSR count). The fourth-order valence-electron chi connectivity index (χ4n) is 3.44. The highest BCUT2D eigenvalue weighted by atomic mass is 35.5. The van der Waals surface area contributed by atoms with Gasteiger partial charge in [-0.05, 0) is 74.1 Å². The molecule has 1 aromatic carbocycles. The third-order valence-corrected chi connectivity index (χ3v) is 6.34. The second kappa shape index (κ2) is 8.32. The molecule has 0 saturated heterocycles. The Morgan fingerprint density at radius 2 is 2.14 bits per heavy atom. The number of anilines is 1. The molecule has 5 nitrogen and oxygen atoms in total. The van der Waals surface area contributed by atoms with Crippen molar-refractivity contribution < 1.29 is 13.9 Å². The molecule has 0 bridgehead atoms. The molecule has 148 valence electrons. The second-order valence-electron chi connectivity index (χ2n) is 6.95. The number of furan rings is 1. The molecule has 0 atom stereocenters. The van der Waals surface area contributed by atoms with Gasteiger partial charge in [-0.2, -0.15) is 5.26 Å². The molecule has 0 aliphatic heterocycles. The van der Waals surface area contributed by atoms with Crippen molar-refractivity contribution in [3.05, 3.63) is 68.4 Å². The summed E-state index contributed by atoms with van der Waals surface area (Å²) >= 11 is 7.45. The maximum Gasteiger partial charge on any atom is 0.292 e. The highest BCUT2D eigenvalue weighted by Gasteiger charge is 2.23. The van der Waals surface area contributed by atoms with Crippen molar-refractivity contribution in [2.24, 2.45) is 0 Å². The van der Waals surface area contributed by atoms with Gasteiger partial charge in [0, 0.05) is 9.90 Å². The number of nitriles is 1. The zero-order chi connectivity index (χ0) is 20.4. The van der Waals surface area contributed by atoms with Crippen LogP contribution in [-0.4, -0.2) is 5.91 Å². The van der Waals surface area contributed by atoms with Crippen LogP contribution in [0.4, 0.5) is 5.00 Å². The summed E-state index contributed by atoms with van der Waals surface area (Å²) < 4.78 is 11.4. The zero-order valence-corrected chi connectivity index (χ0v) is 17.5. The van der Waals surface area contributed by atoms with E-state index in [0.717, 1.165) is 36.8 Å². The van der Waals surface area contributed by atoms with Gasteiger partial charge in [-0.1, -0.05) is 11.6 Å². The highest BCUT2D eigenvalue weighted by molar-refractivity contribution is 7.16. The van der Waals surface area contributed by atoms with Gasteiger partial charge in [-0.25, -0.2) is 0 Å². The molecule has 0 radical (unpaired) electrons. The van der Waals surface area contributed by atoms with Crippen molar-refractivity contribution in [2.75, 3.05) is 5.32 Å². The lowest BCUT2D eigenvalue weighted by Gasteiger charge is -2.09. The zero-order valence-electron chi connectivity index (χ0n) is 15.9. The van der Waals surface area contributed by atoms with Gasteiger partial charge in [0.25, 0.3) is 5.91 Å². The van der Waals surface area contributed by atoms with E-state index < -0.39 is 0 Å². The molecule has 7 heteroatoms. The summed E-state index contributed by atoms with van der Waals surface area (Å²) in [6.45, 7) is 2.11. The first-order valence-corrected chi connectivity index (χ1v) is 10.6. The van der Waals surface area contributed by atoms with Crippen LogP contribution >= 0.6 is 22.9 Å². The Morgan fingerprint density at radius 1 is 1.31 bits per heavy atom. The second-order valence-corrected chi connectivity index (χ2v) is 8.49. The molecule has 1 amide bonds. The van der Waals surface area contributed by atoms with Gasteiger partial charge in [-0.3, -0.25) is 4.79 Å². The number of aryl methyl sites for hydroxylation is 2. The van der Waals surface area contributed by atoms with Crippen LogP contribution in [0.5, 0.6) is 5.75 Å². The summed E-state index contributed by atoms with van der Waals surface area (Å²) in [5.41, 5.74) is 2.60. The number of halogens is 1. The molecular formula is C22H19ClN2O3S. The minimum absolute atomic E-state index is 0.187. The van der Waals surface area contributed by atoms with Crippen molar-refractivity contribution in [1.29, 1.82) is 5.26 Å². The lowest BCUT2D eigenvalue weighted by Crippen LogP contribution is -2.11. The standard InChI is InChI=1S/C22H19ClN2O3S/c1-13-10-14(23)6-8-18(13)27-12-15-7-9-19(28-15)21(26)25-22-17(11-24)16-4-2-3-5-20(16)29-22/h6-10H,2-5,12H2,1H3,(H,25,26). The van der Waals surface area contributed by atoms with E-state index in [2.05, 4.69) is 11.4 Å². The van der Waals surface area contributed by atoms with E-state index in [1.54, 1.807) is 24.3 Å². The van der Waals surface area contributed by atoms with Crippen LogP contribution in [0.1, 0.15) is 50.7 Å². The number of nitrogens with one attached hydrogen (secondary N) is 1. The Kier molecular flexibility index (Phi) is 5.61. The lowest BCUT2D eigenvalue weighted by molar-refractivity contribution is 0.0993. The van der Waals surface area contributed by atoms with Crippen LogP contribution in [0.2, 0.25) is 5.02 Å². The average molecular weight is 427 g/mol. The maximum atomic E-state index is 12.6. The Hall–Kier alpha value is -2.75. The van der Waals surface area contributed by atoms with Crippen LogP contribution in [0.3, 0.4) is 0 Å². The Balaban J connectivity index is 1.44. The fraction of sp³-hybridized carbons (Fsp3) is 0.273. The van der Waals surface area contributed by atoms with Crippen LogP contribution < -0.4 is 10.1 Å². The topological polar surface area (TPSA) is 75.3 Å². The van der Waals surface area contributed by atoms with Crippen molar-refractivity contribution in [2.45, 2.75) is 39.2 Å². The summed E-state index contributed by atoms with van der Waals surface area (Å²) in [5, 5.41) is 13.6. The number of rotatable bonds is 5. The maximum absolute atomic E-state index is 12.6. The van der Waals surface area contributed by atoms with Gasteiger partial charge < -0.3 is 14.5 Å². The minimum Gasteiger partial charge on any atom is -0.485 e. The monoisotopic (exact) mass is 426 g/mol. The molecule has 0 fully saturated rings. The first kappa shape index (κ1) is 19.6. The molecule has 1 aliphatic carbocycles. The smallest absolute Gasteiger partial charge is 0.292 e. The van der Waals surface area contributed by atoms with Crippen LogP contribution in [-0.2, 0) is 19.4 Å². The Morgan fingerprint density at radius 3 is 2.93 bits per heavy atom. The number of carbonyl (C=O) groups is 1. The van der Waals surface area contributed by atoms with Crippen LogP contribution in [0.25, 0.3) is 0 Å². The molecule has 29 heavy (non-hydrogen) atoms. The number of hydrogen-bond donors (Lipinski definition) is 1. The van der Waals surface area contributed by atoms with E-state index in [-0.39, 0.29) is 18.3 Å². The first-order chi connectivity index (χ1) is 14.0. The van der Waals surface area contributed by atoms with Crippen LogP contribution in [0, 0.1) is 18.3 Å². The molecule has 1 aliphatic rings. The Labute approximate surface area is 177 Å². The molecule has 0 saturated carbocycles. The number of amides is 1. The number of thiophene rings is 1. The SMILES string of the molecule is Cc1cc(Cl)ccc1OCc1ccc(C(=O)Nc2sc3c(c2C#N)CCCC3)o1. The molecule has 2 aromatic heterocycles. The summed E-state index contributed by atoms with van der Waals surface area (Å²) in [6.07, 6.45) is 4.08. The first-order valence-electron chi connectivity index (χ1n) is 9.39. The number of ether oxygens (including phenoxy) is 1. The van der Waals surface area contributed by atoms with E-state index in [4.69, 9.17) is 20.8 Å². The number of hydrogen-bond acceptors (Lipinski definition) is 5. The van der Waals surface area contributed by atoms with Crippen LogP contribution in [0.15, 0.2) is 34.7 Å². The van der Waals surface area contributed by atoms with E-state index in [1.807, 2.05) is 13.0 Å². The van der Waals surface area contributed by atoms with E-state index >= 15 is 0 Å². The quantitative estimate of drug-likeness (QED) is 0.552. The van der Waals surface area contributed by atoms with Crippen molar-refractivity contribution in [3.63, 3.8) is 0 Å². The number of nitrogens with zero attached hydrogens (tertiary/aromatic N) is 1. The molecular weight excluding hydrogens is 408 g/mol.